The van der Waals surface area contributed by atoms with E-state index in [1.165, 1.54) is 11.9 Å². The first-order valence-corrected chi connectivity index (χ1v) is 7.12. The Bertz CT molecular complexity index is 515. The molecule has 2 aromatic heterocycles. The lowest BCUT2D eigenvalue weighted by Gasteiger charge is -2.17. The van der Waals surface area contributed by atoms with Crippen molar-refractivity contribution in [2.45, 2.75) is 19.9 Å². The molecular weight excluding hydrogens is 260 g/mol. The molecule has 0 aliphatic heterocycles. The summed E-state index contributed by atoms with van der Waals surface area (Å²) in [6, 6.07) is 2.27. The van der Waals surface area contributed by atoms with Gasteiger partial charge >= 0.3 is 0 Å². The van der Waals surface area contributed by atoms with E-state index in [9.17, 15) is 0 Å². The zero-order chi connectivity index (χ0) is 13.7. The summed E-state index contributed by atoms with van der Waals surface area (Å²) in [4.78, 5) is 8.44. The molecule has 0 spiro atoms. The molecule has 0 saturated carbocycles. The van der Waals surface area contributed by atoms with E-state index in [-0.39, 0.29) is 6.04 Å². The zero-order valence-electron chi connectivity index (χ0n) is 11.3. The second kappa shape index (κ2) is 6.38. The Morgan fingerprint density at radius 2 is 2.16 bits per heavy atom. The van der Waals surface area contributed by atoms with Gasteiger partial charge in [0, 0.05) is 6.54 Å². The van der Waals surface area contributed by atoms with Crippen LogP contribution in [0.5, 0.6) is 5.75 Å². The minimum atomic E-state index is 0.171. The summed E-state index contributed by atoms with van der Waals surface area (Å²) in [5.41, 5.74) is 1.23. The van der Waals surface area contributed by atoms with Crippen molar-refractivity contribution in [1.29, 1.82) is 0 Å². The molecular formula is C13H18N4OS. The van der Waals surface area contributed by atoms with Gasteiger partial charge in [-0.05, 0) is 36.2 Å². The summed E-state index contributed by atoms with van der Waals surface area (Å²) < 4.78 is 5.40. The molecule has 1 atom stereocenters. The highest BCUT2D eigenvalue weighted by Crippen LogP contribution is 2.31. The van der Waals surface area contributed by atoms with Crippen molar-refractivity contribution in [3.63, 3.8) is 0 Å². The van der Waals surface area contributed by atoms with Gasteiger partial charge < -0.3 is 15.4 Å². The third-order valence-corrected chi connectivity index (χ3v) is 3.45. The maximum absolute atomic E-state index is 5.40. The highest BCUT2D eigenvalue weighted by Gasteiger charge is 2.14. The van der Waals surface area contributed by atoms with Gasteiger partial charge in [-0.1, -0.05) is 0 Å². The quantitative estimate of drug-likeness (QED) is 0.850. The number of thiophene rings is 1. The molecule has 0 saturated heterocycles. The molecule has 2 aromatic rings. The van der Waals surface area contributed by atoms with Gasteiger partial charge in [-0.3, -0.25) is 0 Å². The molecule has 0 aliphatic carbocycles. The summed E-state index contributed by atoms with van der Waals surface area (Å²) in [5.74, 6) is 2.05. The van der Waals surface area contributed by atoms with Crippen LogP contribution in [0.4, 0.5) is 11.6 Å². The van der Waals surface area contributed by atoms with Crippen molar-refractivity contribution in [3.8, 4) is 5.75 Å². The monoisotopic (exact) mass is 278 g/mol. The van der Waals surface area contributed by atoms with Crippen molar-refractivity contribution >= 4 is 23.0 Å². The Morgan fingerprint density at radius 3 is 2.79 bits per heavy atom. The van der Waals surface area contributed by atoms with E-state index < -0.39 is 0 Å². The number of nitrogens with zero attached hydrogens (tertiary/aromatic N) is 2. The summed E-state index contributed by atoms with van der Waals surface area (Å²) >= 11 is 1.68. The van der Waals surface area contributed by atoms with Gasteiger partial charge in [0.05, 0.1) is 13.2 Å². The molecule has 2 heterocycles. The predicted molar refractivity (Wildman–Crippen MR) is 79.1 cm³/mol. The second-order valence-electron chi connectivity index (χ2n) is 4.06. The van der Waals surface area contributed by atoms with Crippen LogP contribution in [0.3, 0.4) is 0 Å². The molecule has 0 aromatic carbocycles. The third kappa shape index (κ3) is 3.14. The minimum absolute atomic E-state index is 0.171. The first kappa shape index (κ1) is 13.6. The predicted octanol–water partition coefficient (Wildman–Crippen LogP) is 3.15. The van der Waals surface area contributed by atoms with Gasteiger partial charge in [0.25, 0.3) is 0 Å². The molecule has 5 nitrogen and oxygen atoms in total. The molecule has 2 rings (SSSR count). The average Bonchev–Trinajstić information content (AvgIpc) is 2.93. The number of hydrogen-bond acceptors (Lipinski definition) is 6. The van der Waals surface area contributed by atoms with Gasteiger partial charge in [0.2, 0.25) is 5.75 Å². The Hall–Kier alpha value is -1.82. The number of anilines is 2. The highest BCUT2D eigenvalue weighted by atomic mass is 32.1. The van der Waals surface area contributed by atoms with Crippen LogP contribution in [-0.4, -0.2) is 23.6 Å². The van der Waals surface area contributed by atoms with Crippen LogP contribution in [0, 0.1) is 0 Å². The molecule has 2 N–H and O–H groups in total. The highest BCUT2D eigenvalue weighted by molar-refractivity contribution is 7.07. The van der Waals surface area contributed by atoms with E-state index in [0.29, 0.717) is 17.4 Å². The fourth-order valence-corrected chi connectivity index (χ4v) is 2.53. The smallest absolute Gasteiger partial charge is 0.204 e. The Balaban J connectivity index is 2.22. The lowest BCUT2D eigenvalue weighted by atomic mass is 10.2. The number of aromatic nitrogens is 2. The summed E-state index contributed by atoms with van der Waals surface area (Å²) in [6.07, 6.45) is 1.53. The standard InChI is InChI=1S/C13H18N4OS/c1-4-14-12-11(18-3)13(16-8-15-12)17-9(2)10-5-6-19-7-10/h5-9H,4H2,1-3H3,(H2,14,15,16,17). The molecule has 6 heteroatoms. The molecule has 0 amide bonds. The Labute approximate surface area is 117 Å². The lowest BCUT2D eigenvalue weighted by molar-refractivity contribution is 0.414. The fraction of sp³-hybridized carbons (Fsp3) is 0.385. The van der Waals surface area contributed by atoms with Crippen LogP contribution in [0.15, 0.2) is 23.2 Å². The van der Waals surface area contributed by atoms with E-state index in [2.05, 4.69) is 44.4 Å². The second-order valence-corrected chi connectivity index (χ2v) is 4.84. The van der Waals surface area contributed by atoms with Gasteiger partial charge in [-0.2, -0.15) is 11.3 Å². The van der Waals surface area contributed by atoms with Crippen LogP contribution >= 0.6 is 11.3 Å². The van der Waals surface area contributed by atoms with E-state index in [0.717, 1.165) is 6.54 Å². The van der Waals surface area contributed by atoms with Crippen LogP contribution in [0.2, 0.25) is 0 Å². The Morgan fingerprint density at radius 1 is 1.37 bits per heavy atom. The van der Waals surface area contributed by atoms with Gasteiger partial charge in [-0.15, -0.1) is 0 Å². The zero-order valence-corrected chi connectivity index (χ0v) is 12.1. The molecule has 0 bridgehead atoms. The molecule has 19 heavy (non-hydrogen) atoms. The average molecular weight is 278 g/mol. The number of ether oxygens (including phenoxy) is 1. The van der Waals surface area contributed by atoms with Crippen LogP contribution in [0.25, 0.3) is 0 Å². The van der Waals surface area contributed by atoms with Gasteiger partial charge in [-0.25, -0.2) is 9.97 Å². The van der Waals surface area contributed by atoms with Crippen molar-refractivity contribution in [2.24, 2.45) is 0 Å². The van der Waals surface area contributed by atoms with E-state index in [4.69, 9.17) is 4.74 Å². The number of hydrogen-bond donors (Lipinski definition) is 2. The van der Waals surface area contributed by atoms with Crippen LogP contribution in [-0.2, 0) is 0 Å². The van der Waals surface area contributed by atoms with Crippen LogP contribution < -0.4 is 15.4 Å². The molecule has 0 fully saturated rings. The van der Waals surface area contributed by atoms with E-state index in [1.54, 1.807) is 18.4 Å². The van der Waals surface area contributed by atoms with Crippen molar-refractivity contribution in [1.82, 2.24) is 9.97 Å². The van der Waals surface area contributed by atoms with Gasteiger partial charge in [0.1, 0.15) is 6.33 Å². The summed E-state index contributed by atoms with van der Waals surface area (Å²) in [5, 5.41) is 10.7. The third-order valence-electron chi connectivity index (χ3n) is 2.75. The lowest BCUT2D eigenvalue weighted by Crippen LogP contribution is -2.11. The summed E-state index contributed by atoms with van der Waals surface area (Å²) in [6.45, 7) is 4.89. The number of nitrogens with one attached hydrogen (secondary N) is 2. The largest absolute Gasteiger partial charge is 0.490 e. The molecule has 0 aliphatic rings. The number of methoxy groups -OCH3 is 1. The maximum atomic E-state index is 5.40. The first-order valence-electron chi connectivity index (χ1n) is 6.17. The first-order chi connectivity index (χ1) is 9.26. The van der Waals surface area contributed by atoms with Gasteiger partial charge in [0.15, 0.2) is 11.6 Å². The summed E-state index contributed by atoms with van der Waals surface area (Å²) in [7, 11) is 1.62. The van der Waals surface area contributed by atoms with Crippen molar-refractivity contribution in [2.75, 3.05) is 24.3 Å². The maximum Gasteiger partial charge on any atom is 0.204 e. The molecule has 102 valence electrons. The Kier molecular flexibility index (Phi) is 4.57. The fourth-order valence-electron chi connectivity index (χ4n) is 1.77. The topological polar surface area (TPSA) is 59.1 Å². The number of rotatable bonds is 6. The molecule has 0 radical (unpaired) electrons. The van der Waals surface area contributed by atoms with E-state index >= 15 is 0 Å². The van der Waals surface area contributed by atoms with Crippen LogP contribution in [0.1, 0.15) is 25.5 Å². The normalized spacial score (nSPS) is 11.9. The minimum Gasteiger partial charge on any atom is -0.490 e. The van der Waals surface area contributed by atoms with E-state index in [1.807, 2.05) is 6.92 Å². The van der Waals surface area contributed by atoms with Crippen molar-refractivity contribution in [3.05, 3.63) is 28.7 Å². The molecule has 1 unspecified atom stereocenters. The van der Waals surface area contributed by atoms with Crippen molar-refractivity contribution < 1.29 is 4.74 Å². The SMILES string of the molecule is CCNc1ncnc(NC(C)c2ccsc2)c1OC.